The molecule has 1 aromatic heterocycles. The Hall–Kier alpha value is -2.11. The molecule has 1 aliphatic heterocycles. The maximum Gasteiger partial charge on any atom is 0.249 e. The van der Waals surface area contributed by atoms with E-state index < -0.39 is 5.54 Å². The van der Waals surface area contributed by atoms with Gasteiger partial charge in [0.05, 0.1) is 12.9 Å². The highest BCUT2D eigenvalue weighted by Crippen LogP contribution is 2.32. The van der Waals surface area contributed by atoms with Gasteiger partial charge < -0.3 is 14.8 Å². The second-order valence-corrected chi connectivity index (χ2v) is 7.96. The Kier molecular flexibility index (Phi) is 4.83. The summed E-state index contributed by atoms with van der Waals surface area (Å²) >= 11 is 0. The monoisotopic (exact) mass is 356 g/mol. The summed E-state index contributed by atoms with van der Waals surface area (Å²) in [7, 11) is 0. The van der Waals surface area contributed by atoms with Crippen LogP contribution in [0.5, 0.6) is 0 Å². The minimum atomic E-state index is -0.742. The van der Waals surface area contributed by atoms with E-state index in [0.29, 0.717) is 12.5 Å². The number of allylic oxidation sites excluding steroid dienone is 1. The Bertz CT molecular complexity index is 693. The molecule has 140 valence electrons. The second kappa shape index (κ2) is 7.25. The number of imidazole rings is 1. The Labute approximate surface area is 154 Å². The molecular formula is C20H28N4O2. The predicted molar refractivity (Wildman–Crippen MR) is 98.3 cm³/mol. The lowest BCUT2D eigenvalue weighted by atomic mass is 9.86. The van der Waals surface area contributed by atoms with Crippen molar-refractivity contribution >= 4 is 11.8 Å². The van der Waals surface area contributed by atoms with Gasteiger partial charge in [-0.15, -0.1) is 0 Å². The smallest absolute Gasteiger partial charge is 0.249 e. The van der Waals surface area contributed by atoms with Crippen molar-refractivity contribution in [2.24, 2.45) is 5.92 Å². The van der Waals surface area contributed by atoms with Crippen molar-refractivity contribution in [3.05, 3.63) is 30.4 Å². The molecule has 1 aromatic rings. The highest BCUT2D eigenvalue weighted by Gasteiger charge is 2.45. The van der Waals surface area contributed by atoms with Crippen molar-refractivity contribution in [2.75, 3.05) is 19.6 Å². The van der Waals surface area contributed by atoms with Crippen LogP contribution in [0, 0.1) is 5.92 Å². The first-order valence-electron chi connectivity index (χ1n) is 9.94. The molecule has 2 fully saturated rings. The van der Waals surface area contributed by atoms with Crippen LogP contribution in [0.2, 0.25) is 0 Å². The summed E-state index contributed by atoms with van der Waals surface area (Å²) < 4.78 is 1.91. The van der Waals surface area contributed by atoms with E-state index in [-0.39, 0.29) is 11.8 Å². The molecule has 6 heteroatoms. The van der Waals surface area contributed by atoms with Gasteiger partial charge >= 0.3 is 0 Å². The van der Waals surface area contributed by atoms with E-state index in [1.807, 2.05) is 15.7 Å². The summed E-state index contributed by atoms with van der Waals surface area (Å²) in [6, 6.07) is 0. The molecule has 1 N–H and O–H groups in total. The van der Waals surface area contributed by atoms with E-state index >= 15 is 0 Å². The number of aromatic nitrogens is 2. The molecule has 26 heavy (non-hydrogen) atoms. The zero-order chi connectivity index (χ0) is 18.0. The molecule has 0 bridgehead atoms. The van der Waals surface area contributed by atoms with Crippen LogP contribution in [-0.2, 0) is 15.1 Å². The van der Waals surface area contributed by atoms with E-state index in [0.717, 1.165) is 50.8 Å². The summed E-state index contributed by atoms with van der Waals surface area (Å²) in [6.45, 7) is 1.90. The first-order valence-corrected chi connectivity index (χ1v) is 9.94. The van der Waals surface area contributed by atoms with Gasteiger partial charge in [0, 0.05) is 31.1 Å². The van der Waals surface area contributed by atoms with E-state index in [1.165, 1.54) is 19.3 Å². The molecule has 2 aliphatic carbocycles. The fourth-order valence-corrected chi connectivity index (χ4v) is 4.19. The number of hydrogen-bond acceptors (Lipinski definition) is 3. The van der Waals surface area contributed by atoms with Gasteiger partial charge in [-0.3, -0.25) is 9.59 Å². The van der Waals surface area contributed by atoms with Crippen molar-refractivity contribution in [3.63, 3.8) is 0 Å². The van der Waals surface area contributed by atoms with E-state index in [1.54, 1.807) is 12.5 Å². The molecule has 0 spiro atoms. The van der Waals surface area contributed by atoms with Crippen molar-refractivity contribution < 1.29 is 9.59 Å². The topological polar surface area (TPSA) is 67.2 Å². The quantitative estimate of drug-likeness (QED) is 0.880. The number of rotatable bonds is 5. The Morgan fingerprint density at radius 3 is 2.85 bits per heavy atom. The van der Waals surface area contributed by atoms with Crippen LogP contribution in [0.25, 0.3) is 0 Å². The summed E-state index contributed by atoms with van der Waals surface area (Å²) in [5.41, 5.74) is 0.185. The first-order chi connectivity index (χ1) is 12.7. The molecule has 3 aliphatic rings. The molecule has 0 aromatic carbocycles. The fourth-order valence-electron chi connectivity index (χ4n) is 4.19. The first kappa shape index (κ1) is 17.3. The number of carbonyl (C=O) groups is 2. The molecule has 4 rings (SSSR count). The minimum absolute atomic E-state index is 0.0255. The van der Waals surface area contributed by atoms with Gasteiger partial charge in [0.15, 0.2) is 0 Å². The molecule has 2 amide bonds. The lowest BCUT2D eigenvalue weighted by molar-refractivity contribution is -0.138. The Balaban J connectivity index is 1.55. The van der Waals surface area contributed by atoms with Crippen LogP contribution in [0.3, 0.4) is 0 Å². The third kappa shape index (κ3) is 3.41. The summed E-state index contributed by atoms with van der Waals surface area (Å²) in [5, 5.41) is 3.14. The standard InChI is InChI=1S/C20H28N4O2/c25-18(17-5-2-1-3-6-17)23-11-4-9-20(14-23,24-12-10-21-15-24)19(26)22-13-16-7-8-16/h5,10,12,15-16H,1-4,6-9,11,13-14H2,(H,22,26). The van der Waals surface area contributed by atoms with Gasteiger partial charge in [-0.1, -0.05) is 6.08 Å². The third-order valence-electron chi connectivity index (χ3n) is 5.99. The maximum atomic E-state index is 13.2. The number of piperidine rings is 1. The van der Waals surface area contributed by atoms with E-state index in [9.17, 15) is 9.59 Å². The normalized spacial score (nSPS) is 26.3. The lowest BCUT2D eigenvalue weighted by Crippen LogP contribution is -2.59. The van der Waals surface area contributed by atoms with Crippen molar-refractivity contribution in [1.82, 2.24) is 19.8 Å². The fraction of sp³-hybridized carbons (Fsp3) is 0.650. The van der Waals surface area contributed by atoms with Crippen LogP contribution in [0.15, 0.2) is 30.4 Å². The van der Waals surface area contributed by atoms with E-state index in [2.05, 4.69) is 16.4 Å². The SMILES string of the molecule is O=C(C1=CCCCC1)N1CCCC(C(=O)NCC2CC2)(n2ccnc2)C1. The average molecular weight is 356 g/mol. The van der Waals surface area contributed by atoms with Gasteiger partial charge in [-0.2, -0.15) is 0 Å². The molecule has 1 saturated carbocycles. The number of hydrogen-bond donors (Lipinski definition) is 1. The van der Waals surface area contributed by atoms with Gasteiger partial charge in [0.1, 0.15) is 5.54 Å². The Morgan fingerprint density at radius 2 is 2.15 bits per heavy atom. The summed E-state index contributed by atoms with van der Waals surface area (Å²) in [5.74, 6) is 0.772. The van der Waals surface area contributed by atoms with Crippen molar-refractivity contribution in [1.29, 1.82) is 0 Å². The minimum Gasteiger partial charge on any atom is -0.354 e. The van der Waals surface area contributed by atoms with E-state index in [4.69, 9.17) is 0 Å². The largest absolute Gasteiger partial charge is 0.354 e. The lowest BCUT2D eigenvalue weighted by Gasteiger charge is -2.42. The number of nitrogens with one attached hydrogen (secondary N) is 1. The second-order valence-electron chi connectivity index (χ2n) is 7.96. The predicted octanol–water partition coefficient (Wildman–Crippen LogP) is 2.23. The zero-order valence-electron chi connectivity index (χ0n) is 15.3. The van der Waals surface area contributed by atoms with Crippen molar-refractivity contribution in [3.8, 4) is 0 Å². The highest BCUT2D eigenvalue weighted by atomic mass is 16.2. The highest BCUT2D eigenvalue weighted by molar-refractivity contribution is 5.94. The molecule has 1 atom stereocenters. The van der Waals surface area contributed by atoms with Gasteiger partial charge in [0.2, 0.25) is 11.8 Å². The molecular weight excluding hydrogens is 328 g/mol. The van der Waals surface area contributed by atoms with Crippen LogP contribution in [-0.4, -0.2) is 45.9 Å². The summed E-state index contributed by atoms with van der Waals surface area (Å²) in [4.78, 5) is 32.2. The third-order valence-corrected chi connectivity index (χ3v) is 5.99. The Morgan fingerprint density at radius 1 is 1.27 bits per heavy atom. The van der Waals surface area contributed by atoms with Gasteiger partial charge in [0.25, 0.3) is 0 Å². The maximum absolute atomic E-state index is 13.2. The van der Waals surface area contributed by atoms with Crippen LogP contribution < -0.4 is 5.32 Å². The van der Waals surface area contributed by atoms with Crippen LogP contribution in [0.4, 0.5) is 0 Å². The number of amides is 2. The number of likely N-dealkylation sites (tertiary alicyclic amines) is 1. The molecule has 1 unspecified atom stereocenters. The van der Waals surface area contributed by atoms with Crippen LogP contribution >= 0.6 is 0 Å². The zero-order valence-corrected chi connectivity index (χ0v) is 15.3. The van der Waals surface area contributed by atoms with Crippen LogP contribution in [0.1, 0.15) is 51.4 Å². The van der Waals surface area contributed by atoms with Gasteiger partial charge in [-0.05, 0) is 57.3 Å². The van der Waals surface area contributed by atoms with Gasteiger partial charge in [-0.25, -0.2) is 4.98 Å². The van der Waals surface area contributed by atoms with Crippen molar-refractivity contribution in [2.45, 2.75) is 56.9 Å². The average Bonchev–Trinajstić information content (AvgIpc) is 3.36. The molecule has 2 heterocycles. The molecule has 1 saturated heterocycles. The molecule has 6 nitrogen and oxygen atoms in total. The number of nitrogens with zero attached hydrogens (tertiary/aromatic N) is 3. The number of carbonyl (C=O) groups excluding carboxylic acids is 2. The molecule has 0 radical (unpaired) electrons. The summed E-state index contributed by atoms with van der Waals surface area (Å²) in [6.07, 6.45) is 15.4.